The second kappa shape index (κ2) is 2.44. The van der Waals surface area contributed by atoms with Gasteiger partial charge in [0, 0.05) is 18.3 Å². The smallest absolute Gasteiger partial charge is 0.320 e. The minimum Gasteiger partial charge on any atom is -0.351 e. The summed E-state index contributed by atoms with van der Waals surface area (Å²) in [6.45, 7) is 0.614. The molecule has 0 atom stereocenters. The van der Waals surface area contributed by atoms with Gasteiger partial charge in [0.05, 0.1) is 0 Å². The molecule has 2 N–H and O–H groups in total. The number of anilines is 1. The van der Waals surface area contributed by atoms with Gasteiger partial charge < -0.3 is 5.73 Å². The average molecular weight is 164 g/mol. The fourth-order valence-electron chi connectivity index (χ4n) is 1.32. The SMILES string of the molecule is NC(=O)N1CCc2cncnc21. The molecular formula is C7H8N4O. The lowest BCUT2D eigenvalue weighted by molar-refractivity contribution is 0.254. The number of aromatic nitrogens is 2. The van der Waals surface area contributed by atoms with Gasteiger partial charge in [0.25, 0.3) is 0 Å². The maximum absolute atomic E-state index is 10.9. The van der Waals surface area contributed by atoms with Gasteiger partial charge in [-0.15, -0.1) is 0 Å². The quantitative estimate of drug-likeness (QED) is 0.582. The van der Waals surface area contributed by atoms with Crippen molar-refractivity contribution < 1.29 is 4.79 Å². The number of carbonyl (C=O) groups excluding carboxylic acids is 1. The fourth-order valence-corrected chi connectivity index (χ4v) is 1.32. The number of hydrogen-bond donors (Lipinski definition) is 1. The average Bonchev–Trinajstić information content (AvgIpc) is 2.47. The first kappa shape index (κ1) is 7.02. The van der Waals surface area contributed by atoms with Crippen LogP contribution in [0, 0.1) is 0 Å². The lowest BCUT2D eigenvalue weighted by atomic mass is 10.3. The Bertz CT molecular complexity index is 325. The van der Waals surface area contributed by atoms with Crippen LogP contribution in [0.4, 0.5) is 10.6 Å². The van der Waals surface area contributed by atoms with Crippen LogP contribution in [0.15, 0.2) is 12.5 Å². The molecule has 0 unspecified atom stereocenters. The number of rotatable bonds is 0. The first-order valence-corrected chi connectivity index (χ1v) is 3.65. The van der Waals surface area contributed by atoms with E-state index in [1.54, 1.807) is 6.20 Å². The van der Waals surface area contributed by atoms with E-state index in [4.69, 9.17) is 5.73 Å². The number of hydrogen-bond acceptors (Lipinski definition) is 3. The Balaban J connectivity index is 2.42. The van der Waals surface area contributed by atoms with E-state index < -0.39 is 6.03 Å². The Kier molecular flexibility index (Phi) is 1.43. The lowest BCUT2D eigenvalue weighted by Gasteiger charge is -2.11. The molecular weight excluding hydrogens is 156 g/mol. The van der Waals surface area contributed by atoms with Gasteiger partial charge in [0.1, 0.15) is 12.1 Å². The van der Waals surface area contributed by atoms with E-state index in [2.05, 4.69) is 9.97 Å². The number of primary amides is 1. The molecule has 1 aromatic rings. The van der Waals surface area contributed by atoms with Crippen LogP contribution in [0.25, 0.3) is 0 Å². The summed E-state index contributed by atoms with van der Waals surface area (Å²) in [6.07, 6.45) is 3.92. The van der Waals surface area contributed by atoms with Crippen LogP contribution in [0.3, 0.4) is 0 Å². The molecule has 5 nitrogen and oxygen atoms in total. The Hall–Kier alpha value is -1.65. The van der Waals surface area contributed by atoms with Crippen molar-refractivity contribution in [3.8, 4) is 0 Å². The molecule has 0 spiro atoms. The third-order valence-electron chi connectivity index (χ3n) is 1.89. The predicted molar refractivity (Wildman–Crippen MR) is 42.7 cm³/mol. The highest BCUT2D eigenvalue weighted by Gasteiger charge is 2.23. The second-order valence-electron chi connectivity index (χ2n) is 2.61. The van der Waals surface area contributed by atoms with E-state index in [1.165, 1.54) is 11.2 Å². The molecule has 0 aliphatic carbocycles. The first-order valence-electron chi connectivity index (χ1n) is 3.65. The van der Waals surface area contributed by atoms with Crippen molar-refractivity contribution >= 4 is 11.8 Å². The highest BCUT2D eigenvalue weighted by atomic mass is 16.2. The third-order valence-corrected chi connectivity index (χ3v) is 1.89. The monoisotopic (exact) mass is 164 g/mol. The largest absolute Gasteiger partial charge is 0.351 e. The van der Waals surface area contributed by atoms with Crippen molar-refractivity contribution in [1.29, 1.82) is 0 Å². The zero-order chi connectivity index (χ0) is 8.55. The molecule has 0 saturated carbocycles. The standard InChI is InChI=1S/C7H8N4O/c8-7(12)11-2-1-5-3-9-4-10-6(5)11/h3-4H,1-2H2,(H2,8,12). The molecule has 1 aliphatic rings. The van der Waals surface area contributed by atoms with Gasteiger partial charge in [-0.05, 0) is 6.42 Å². The maximum atomic E-state index is 10.9. The van der Waals surface area contributed by atoms with Crippen molar-refractivity contribution in [2.24, 2.45) is 5.73 Å². The Morgan fingerprint density at radius 3 is 3.25 bits per heavy atom. The number of carbonyl (C=O) groups is 1. The molecule has 0 fully saturated rings. The van der Waals surface area contributed by atoms with E-state index in [-0.39, 0.29) is 0 Å². The second-order valence-corrected chi connectivity index (χ2v) is 2.61. The van der Waals surface area contributed by atoms with Crippen LogP contribution in [0.5, 0.6) is 0 Å². The van der Waals surface area contributed by atoms with Crippen molar-refractivity contribution in [2.45, 2.75) is 6.42 Å². The van der Waals surface area contributed by atoms with Gasteiger partial charge in [-0.2, -0.15) is 0 Å². The number of urea groups is 1. The summed E-state index contributed by atoms with van der Waals surface area (Å²) >= 11 is 0. The van der Waals surface area contributed by atoms with Gasteiger partial charge in [-0.25, -0.2) is 14.8 Å². The predicted octanol–water partition coefficient (Wildman–Crippen LogP) is -0.0822. The molecule has 0 bridgehead atoms. The Morgan fingerprint density at radius 1 is 1.67 bits per heavy atom. The fraction of sp³-hybridized carbons (Fsp3) is 0.286. The molecule has 12 heavy (non-hydrogen) atoms. The minimum atomic E-state index is -0.451. The van der Waals surface area contributed by atoms with Gasteiger partial charge in [0.2, 0.25) is 0 Å². The first-order chi connectivity index (χ1) is 5.79. The number of amides is 2. The summed E-state index contributed by atoms with van der Waals surface area (Å²) in [5.74, 6) is 0.650. The zero-order valence-corrected chi connectivity index (χ0v) is 6.40. The van der Waals surface area contributed by atoms with Crippen LogP contribution in [0.1, 0.15) is 5.56 Å². The highest BCUT2D eigenvalue weighted by Crippen LogP contribution is 2.22. The topological polar surface area (TPSA) is 72.1 Å². The van der Waals surface area contributed by atoms with E-state index in [1.807, 2.05) is 0 Å². The molecule has 2 heterocycles. The molecule has 0 aromatic carbocycles. The number of nitrogens with two attached hydrogens (primary N) is 1. The van der Waals surface area contributed by atoms with Gasteiger partial charge in [-0.3, -0.25) is 4.90 Å². The number of fused-ring (bicyclic) bond motifs is 1. The minimum absolute atomic E-state index is 0.451. The Labute approximate surface area is 69.2 Å². The van der Waals surface area contributed by atoms with Gasteiger partial charge in [-0.1, -0.05) is 0 Å². The van der Waals surface area contributed by atoms with Crippen molar-refractivity contribution in [1.82, 2.24) is 9.97 Å². The molecule has 2 rings (SSSR count). The summed E-state index contributed by atoms with van der Waals surface area (Å²) in [6, 6.07) is -0.451. The van der Waals surface area contributed by atoms with Crippen molar-refractivity contribution in [3.63, 3.8) is 0 Å². The Morgan fingerprint density at radius 2 is 2.50 bits per heavy atom. The molecule has 0 radical (unpaired) electrons. The van der Waals surface area contributed by atoms with Crippen molar-refractivity contribution in [2.75, 3.05) is 11.4 Å². The van der Waals surface area contributed by atoms with Crippen LogP contribution >= 0.6 is 0 Å². The van der Waals surface area contributed by atoms with Crippen LogP contribution in [-0.2, 0) is 6.42 Å². The lowest BCUT2D eigenvalue weighted by Crippen LogP contribution is -2.34. The molecule has 62 valence electrons. The summed E-state index contributed by atoms with van der Waals surface area (Å²) in [4.78, 5) is 20.1. The highest BCUT2D eigenvalue weighted by molar-refractivity contribution is 5.91. The summed E-state index contributed by atoms with van der Waals surface area (Å²) in [5, 5.41) is 0. The van der Waals surface area contributed by atoms with Crippen LogP contribution in [0.2, 0.25) is 0 Å². The van der Waals surface area contributed by atoms with E-state index in [0.717, 1.165) is 12.0 Å². The molecule has 0 saturated heterocycles. The number of nitrogens with zero attached hydrogens (tertiary/aromatic N) is 3. The van der Waals surface area contributed by atoms with Crippen LogP contribution in [-0.4, -0.2) is 22.5 Å². The molecule has 2 amide bonds. The molecule has 1 aliphatic heterocycles. The van der Waals surface area contributed by atoms with Crippen LogP contribution < -0.4 is 10.6 Å². The third kappa shape index (κ3) is 0.903. The van der Waals surface area contributed by atoms with E-state index in [9.17, 15) is 4.79 Å². The van der Waals surface area contributed by atoms with E-state index >= 15 is 0 Å². The molecule has 5 heteroatoms. The van der Waals surface area contributed by atoms with Gasteiger partial charge >= 0.3 is 6.03 Å². The van der Waals surface area contributed by atoms with E-state index in [0.29, 0.717) is 12.4 Å². The normalized spacial score (nSPS) is 14.5. The van der Waals surface area contributed by atoms with Crippen molar-refractivity contribution in [3.05, 3.63) is 18.1 Å². The zero-order valence-electron chi connectivity index (χ0n) is 6.40. The van der Waals surface area contributed by atoms with Gasteiger partial charge in [0.15, 0.2) is 0 Å². The molecule has 1 aromatic heterocycles. The summed E-state index contributed by atoms with van der Waals surface area (Å²) in [7, 11) is 0. The maximum Gasteiger partial charge on any atom is 0.320 e. The summed E-state index contributed by atoms with van der Waals surface area (Å²) in [5.41, 5.74) is 6.12. The summed E-state index contributed by atoms with van der Waals surface area (Å²) < 4.78 is 0.